The van der Waals surface area contributed by atoms with Crippen molar-refractivity contribution in [2.75, 3.05) is 26.2 Å². The highest BCUT2D eigenvalue weighted by molar-refractivity contribution is 6.30. The molecule has 1 aromatic rings. The Balaban J connectivity index is 1.82. The maximum absolute atomic E-state index is 12.2. The second-order valence-corrected chi connectivity index (χ2v) is 6.56. The lowest BCUT2D eigenvalue weighted by molar-refractivity contribution is -0.124. The number of nitrogens with zero attached hydrogens (tertiary/aromatic N) is 2. The van der Waals surface area contributed by atoms with Crippen molar-refractivity contribution in [3.8, 4) is 0 Å². The Morgan fingerprint density at radius 3 is 2.36 bits per heavy atom. The molecule has 1 heterocycles. The third kappa shape index (κ3) is 4.70. The third-order valence-corrected chi connectivity index (χ3v) is 4.61. The molecule has 22 heavy (non-hydrogen) atoms. The molecular weight excluding hydrogens is 298 g/mol. The number of halogens is 1. The summed E-state index contributed by atoms with van der Waals surface area (Å²) >= 11 is 5.86. The van der Waals surface area contributed by atoms with Crippen LogP contribution in [0.15, 0.2) is 24.3 Å². The average Bonchev–Trinajstić information content (AvgIpc) is 2.50. The molecular formula is C17H26ClN3O. The monoisotopic (exact) mass is 323 g/mol. The first-order chi connectivity index (χ1) is 10.5. The summed E-state index contributed by atoms with van der Waals surface area (Å²) in [5, 5.41) is 3.71. The number of carbonyl (C=O) groups is 1. The Bertz CT molecular complexity index is 479. The molecule has 2 atom stereocenters. The van der Waals surface area contributed by atoms with E-state index in [2.05, 4.69) is 35.9 Å². The highest BCUT2D eigenvalue weighted by Crippen LogP contribution is 2.15. The smallest absolute Gasteiger partial charge is 0.234 e. The molecule has 0 saturated carbocycles. The zero-order valence-electron chi connectivity index (χ0n) is 13.7. The van der Waals surface area contributed by atoms with Gasteiger partial charge in [0.2, 0.25) is 5.91 Å². The Morgan fingerprint density at radius 1 is 1.23 bits per heavy atom. The summed E-state index contributed by atoms with van der Waals surface area (Å²) in [6.45, 7) is 10.7. The molecule has 122 valence electrons. The van der Waals surface area contributed by atoms with Gasteiger partial charge in [-0.05, 0) is 38.1 Å². The minimum absolute atomic E-state index is 0.0820. The van der Waals surface area contributed by atoms with Crippen LogP contribution >= 0.6 is 11.6 Å². The molecule has 1 fully saturated rings. The number of benzene rings is 1. The molecule has 1 N–H and O–H groups in total. The molecule has 1 saturated heterocycles. The summed E-state index contributed by atoms with van der Waals surface area (Å²) in [6, 6.07) is 8.38. The van der Waals surface area contributed by atoms with Crippen molar-refractivity contribution in [2.45, 2.75) is 39.4 Å². The van der Waals surface area contributed by atoms with E-state index in [4.69, 9.17) is 11.6 Å². The summed E-state index contributed by atoms with van der Waals surface area (Å²) in [5.41, 5.74) is 1.06. The largest absolute Gasteiger partial charge is 0.351 e. The van der Waals surface area contributed by atoms with E-state index in [9.17, 15) is 4.79 Å². The van der Waals surface area contributed by atoms with E-state index >= 15 is 0 Å². The lowest BCUT2D eigenvalue weighted by Crippen LogP contribution is -2.58. The van der Waals surface area contributed by atoms with Crippen molar-refractivity contribution in [2.24, 2.45) is 0 Å². The van der Waals surface area contributed by atoms with Crippen molar-refractivity contribution < 1.29 is 4.79 Å². The van der Waals surface area contributed by atoms with Gasteiger partial charge in [-0.3, -0.25) is 9.69 Å². The summed E-state index contributed by atoms with van der Waals surface area (Å²) in [7, 11) is 0. The van der Waals surface area contributed by atoms with Crippen molar-refractivity contribution in [3.05, 3.63) is 34.9 Å². The first-order valence-electron chi connectivity index (χ1n) is 7.98. The summed E-state index contributed by atoms with van der Waals surface area (Å²) < 4.78 is 0. The molecule has 0 bridgehead atoms. The van der Waals surface area contributed by atoms with E-state index in [1.165, 1.54) is 0 Å². The number of nitrogens with one attached hydrogen (secondary N) is 1. The van der Waals surface area contributed by atoms with Crippen molar-refractivity contribution in [3.63, 3.8) is 0 Å². The van der Waals surface area contributed by atoms with Gasteiger partial charge < -0.3 is 10.2 Å². The van der Waals surface area contributed by atoms with Gasteiger partial charge in [0.25, 0.3) is 0 Å². The van der Waals surface area contributed by atoms with Crippen LogP contribution in [0, 0.1) is 0 Å². The van der Waals surface area contributed by atoms with Gasteiger partial charge in [0.05, 0.1) is 6.54 Å². The van der Waals surface area contributed by atoms with E-state index in [0.29, 0.717) is 30.2 Å². The lowest BCUT2D eigenvalue weighted by Gasteiger charge is -2.43. The minimum Gasteiger partial charge on any atom is -0.351 e. The molecule has 1 amide bonds. The van der Waals surface area contributed by atoms with Crippen LogP contribution in [0.3, 0.4) is 0 Å². The number of piperazine rings is 1. The van der Waals surface area contributed by atoms with Crippen molar-refractivity contribution in [1.29, 1.82) is 0 Å². The number of amides is 1. The first-order valence-corrected chi connectivity index (χ1v) is 8.36. The van der Waals surface area contributed by atoms with Crippen LogP contribution in [-0.4, -0.2) is 54.0 Å². The van der Waals surface area contributed by atoms with Crippen LogP contribution in [0.4, 0.5) is 0 Å². The standard InChI is InChI=1S/C17H26ClN3O/c1-4-20-10-13(2)21(14(3)11-20)12-17(22)19-9-15-5-7-16(18)8-6-15/h5-8,13-14H,4,9-12H2,1-3H3,(H,19,22)/t13-,14+. The zero-order valence-corrected chi connectivity index (χ0v) is 14.4. The van der Waals surface area contributed by atoms with Crippen LogP contribution < -0.4 is 5.32 Å². The van der Waals surface area contributed by atoms with Gasteiger partial charge in [-0.25, -0.2) is 0 Å². The molecule has 0 spiro atoms. The summed E-state index contributed by atoms with van der Waals surface area (Å²) in [4.78, 5) is 16.9. The Labute approximate surface area is 138 Å². The molecule has 5 heteroatoms. The maximum Gasteiger partial charge on any atom is 0.234 e. The van der Waals surface area contributed by atoms with Crippen LogP contribution in [0.25, 0.3) is 0 Å². The van der Waals surface area contributed by atoms with Gasteiger partial charge in [0, 0.05) is 36.7 Å². The molecule has 0 aromatic heterocycles. The predicted octanol–water partition coefficient (Wildman–Crippen LogP) is 2.37. The Kier molecular flexibility index (Phi) is 6.24. The average molecular weight is 324 g/mol. The van der Waals surface area contributed by atoms with Crippen molar-refractivity contribution in [1.82, 2.24) is 15.1 Å². The lowest BCUT2D eigenvalue weighted by atomic mass is 10.1. The van der Waals surface area contributed by atoms with E-state index in [1.54, 1.807) is 0 Å². The highest BCUT2D eigenvalue weighted by Gasteiger charge is 2.29. The predicted molar refractivity (Wildman–Crippen MR) is 91.0 cm³/mol. The molecule has 1 aliphatic rings. The van der Waals surface area contributed by atoms with Gasteiger partial charge in [-0.15, -0.1) is 0 Å². The van der Waals surface area contributed by atoms with E-state index in [-0.39, 0.29) is 5.91 Å². The van der Waals surface area contributed by atoms with Crippen LogP contribution in [0.2, 0.25) is 5.02 Å². The zero-order chi connectivity index (χ0) is 16.1. The molecule has 1 aliphatic heterocycles. The van der Waals surface area contributed by atoms with E-state index < -0.39 is 0 Å². The second-order valence-electron chi connectivity index (χ2n) is 6.13. The fraction of sp³-hybridized carbons (Fsp3) is 0.588. The molecule has 2 rings (SSSR count). The fourth-order valence-corrected chi connectivity index (χ4v) is 3.19. The fourth-order valence-electron chi connectivity index (χ4n) is 3.06. The summed E-state index contributed by atoms with van der Waals surface area (Å²) in [6.07, 6.45) is 0. The van der Waals surface area contributed by atoms with Crippen molar-refractivity contribution >= 4 is 17.5 Å². The number of carbonyl (C=O) groups excluding carboxylic acids is 1. The van der Waals surface area contributed by atoms with Gasteiger partial charge in [0.15, 0.2) is 0 Å². The van der Waals surface area contributed by atoms with Crippen LogP contribution in [0.5, 0.6) is 0 Å². The Hall–Kier alpha value is -1.10. The quantitative estimate of drug-likeness (QED) is 0.903. The summed E-state index contributed by atoms with van der Waals surface area (Å²) in [5.74, 6) is 0.0820. The SMILES string of the molecule is CCN1C[C@@H](C)N(CC(=O)NCc2ccc(Cl)cc2)[C@@H](C)C1. The van der Waals surface area contributed by atoms with E-state index in [0.717, 1.165) is 25.2 Å². The molecule has 0 radical (unpaired) electrons. The topological polar surface area (TPSA) is 35.6 Å². The molecule has 4 nitrogen and oxygen atoms in total. The Morgan fingerprint density at radius 2 is 1.82 bits per heavy atom. The van der Waals surface area contributed by atoms with E-state index in [1.807, 2.05) is 24.3 Å². The second kappa shape index (κ2) is 7.95. The molecule has 0 aliphatic carbocycles. The first kappa shape index (κ1) is 17.3. The van der Waals surface area contributed by atoms with Gasteiger partial charge in [0.1, 0.15) is 0 Å². The third-order valence-electron chi connectivity index (χ3n) is 4.35. The number of rotatable bonds is 5. The number of hydrogen-bond acceptors (Lipinski definition) is 3. The van der Waals surface area contributed by atoms with Gasteiger partial charge >= 0.3 is 0 Å². The number of hydrogen-bond donors (Lipinski definition) is 1. The normalized spacial score (nSPS) is 23.5. The molecule has 0 unspecified atom stereocenters. The van der Waals surface area contributed by atoms with Gasteiger partial charge in [-0.1, -0.05) is 30.7 Å². The minimum atomic E-state index is 0.0820. The molecule has 1 aromatic carbocycles. The van der Waals surface area contributed by atoms with Gasteiger partial charge in [-0.2, -0.15) is 0 Å². The van der Waals surface area contributed by atoms with Crippen LogP contribution in [-0.2, 0) is 11.3 Å². The van der Waals surface area contributed by atoms with Crippen LogP contribution in [0.1, 0.15) is 26.3 Å². The maximum atomic E-state index is 12.2. The number of likely N-dealkylation sites (N-methyl/N-ethyl adjacent to an activating group) is 1. The highest BCUT2D eigenvalue weighted by atomic mass is 35.5.